The van der Waals surface area contributed by atoms with E-state index in [9.17, 15) is 14.9 Å². The van der Waals surface area contributed by atoms with Crippen LogP contribution in [0.1, 0.15) is 45.4 Å². The topological polar surface area (TPSA) is 72.2 Å². The van der Waals surface area contributed by atoms with Crippen LogP contribution < -0.4 is 5.32 Å². The maximum absolute atomic E-state index is 13.8. The Labute approximate surface area is 261 Å². The van der Waals surface area contributed by atoms with E-state index in [2.05, 4.69) is 5.32 Å². The van der Waals surface area contributed by atoms with Gasteiger partial charge < -0.3 is 5.32 Å². The fraction of sp³-hybridized carbons (Fsp3) is 0.194. The first-order valence-electron chi connectivity index (χ1n) is 12.9. The summed E-state index contributed by atoms with van der Waals surface area (Å²) in [6.07, 6.45) is 0.653. The van der Waals surface area contributed by atoms with Gasteiger partial charge in [-0.3, -0.25) is 14.9 Å². The van der Waals surface area contributed by atoms with Crippen molar-refractivity contribution in [1.29, 1.82) is 0 Å². The van der Waals surface area contributed by atoms with Crippen LogP contribution in [0, 0.1) is 16.0 Å². The van der Waals surface area contributed by atoms with E-state index >= 15 is 0 Å². The molecule has 0 saturated heterocycles. The number of hydrogen-bond donors (Lipinski definition) is 1. The molecule has 1 saturated carbocycles. The molecular weight excluding hydrogens is 622 g/mol. The first-order valence-corrected chi connectivity index (χ1v) is 15.4. The number of rotatable bonds is 6. The molecule has 5 atom stereocenters. The third kappa shape index (κ3) is 5.33. The lowest BCUT2D eigenvalue weighted by Gasteiger charge is -2.39. The molecule has 6 rings (SSSR count). The van der Waals surface area contributed by atoms with Crippen LogP contribution in [-0.2, 0) is 0 Å². The van der Waals surface area contributed by atoms with Gasteiger partial charge in [-0.2, -0.15) is 0 Å². The standard InChI is InChI=1S/C31H22Cl4N2O3S/c32-17-10-11-19(23(34)14-17)29-21-15-26(41-25-9-5-4-8-24(25)37(39)40)28(35)27(21)20-12-18(33)13-22(30(20)36-29)31(38)16-6-2-1-3-7-16/h1-14,21,26-29,36H,15H2/t21-,26+,27-,28-,29-/m1/s1. The average Bonchev–Trinajstić information content (AvgIpc) is 3.28. The minimum atomic E-state index is -0.405. The van der Waals surface area contributed by atoms with Gasteiger partial charge >= 0.3 is 0 Å². The van der Waals surface area contributed by atoms with Crippen molar-refractivity contribution in [3.63, 3.8) is 0 Å². The molecule has 10 heteroatoms. The third-order valence-corrected chi connectivity index (χ3v) is 10.7. The summed E-state index contributed by atoms with van der Waals surface area (Å²) >= 11 is 28.3. The molecule has 1 aliphatic carbocycles. The minimum Gasteiger partial charge on any atom is -0.377 e. The number of nitrogens with one attached hydrogen (secondary N) is 1. The van der Waals surface area contributed by atoms with E-state index in [0.717, 1.165) is 11.1 Å². The summed E-state index contributed by atoms with van der Waals surface area (Å²) in [6, 6.07) is 24.4. The van der Waals surface area contributed by atoms with Crippen LogP contribution in [0.5, 0.6) is 0 Å². The predicted molar refractivity (Wildman–Crippen MR) is 167 cm³/mol. The molecule has 0 unspecified atom stereocenters. The van der Waals surface area contributed by atoms with Crippen LogP contribution in [0.3, 0.4) is 0 Å². The normalized spacial score (nSPS) is 22.9. The number of hydrogen-bond acceptors (Lipinski definition) is 5. The van der Waals surface area contributed by atoms with Crippen molar-refractivity contribution in [3.05, 3.63) is 132 Å². The molecule has 0 aromatic heterocycles. The number of carbonyl (C=O) groups excluding carboxylic acids is 1. The lowest BCUT2D eigenvalue weighted by molar-refractivity contribution is -0.387. The summed E-state index contributed by atoms with van der Waals surface area (Å²) < 4.78 is 0. The highest BCUT2D eigenvalue weighted by Gasteiger charge is 2.51. The van der Waals surface area contributed by atoms with Gasteiger partial charge in [0.05, 0.1) is 21.2 Å². The Bertz CT molecular complexity index is 1670. The van der Waals surface area contributed by atoms with Gasteiger partial charge in [-0.1, -0.05) is 83.3 Å². The van der Waals surface area contributed by atoms with Gasteiger partial charge in [0, 0.05) is 49.1 Å². The molecule has 1 N–H and O–H groups in total. The number of carbonyl (C=O) groups is 1. The maximum atomic E-state index is 13.8. The van der Waals surface area contributed by atoms with Gasteiger partial charge in [0.2, 0.25) is 0 Å². The Kier molecular flexibility index (Phi) is 7.96. The van der Waals surface area contributed by atoms with E-state index in [1.807, 2.05) is 30.3 Å². The number of halogens is 4. The molecule has 2 aliphatic rings. The molecular formula is C31H22Cl4N2O3S. The molecule has 1 heterocycles. The second-order valence-corrected chi connectivity index (χ2v) is 13.2. The van der Waals surface area contributed by atoms with Gasteiger partial charge in [-0.05, 0) is 53.8 Å². The number of para-hydroxylation sites is 1. The molecule has 1 aliphatic heterocycles. The zero-order chi connectivity index (χ0) is 28.8. The van der Waals surface area contributed by atoms with Crippen LogP contribution in [0.4, 0.5) is 11.4 Å². The van der Waals surface area contributed by atoms with Crippen molar-refractivity contribution >= 4 is 75.3 Å². The average molecular weight is 644 g/mol. The minimum absolute atomic E-state index is 0.0397. The van der Waals surface area contributed by atoms with E-state index in [0.29, 0.717) is 43.2 Å². The number of thioether (sulfide) groups is 1. The highest BCUT2D eigenvalue weighted by molar-refractivity contribution is 8.00. The zero-order valence-corrected chi connectivity index (χ0v) is 25.1. The fourth-order valence-electron chi connectivity index (χ4n) is 6.04. The van der Waals surface area contributed by atoms with Crippen molar-refractivity contribution in [2.24, 2.45) is 5.92 Å². The van der Waals surface area contributed by atoms with Crippen LogP contribution in [0.2, 0.25) is 15.1 Å². The molecule has 0 radical (unpaired) electrons. The molecule has 0 amide bonds. The smallest absolute Gasteiger partial charge is 0.282 e. The predicted octanol–water partition coefficient (Wildman–Crippen LogP) is 9.82. The molecule has 4 aromatic carbocycles. The summed E-state index contributed by atoms with van der Waals surface area (Å²) in [5.41, 5.74) is 3.40. The molecule has 4 aromatic rings. The number of fused-ring (bicyclic) bond motifs is 3. The van der Waals surface area contributed by atoms with E-state index in [-0.39, 0.29) is 39.5 Å². The SMILES string of the molecule is O=C(c1ccccc1)c1cc(Cl)cc2c1N[C@H](c1ccc(Cl)cc1Cl)[C@@H]1C[C@H](Sc3ccccc3[N+](=O)[O-])[C@@H](Cl)[C@H]21. The summed E-state index contributed by atoms with van der Waals surface area (Å²) in [7, 11) is 0. The summed E-state index contributed by atoms with van der Waals surface area (Å²) in [5, 5.41) is 16.3. The van der Waals surface area contributed by atoms with Gasteiger partial charge in [0.25, 0.3) is 5.69 Å². The highest BCUT2D eigenvalue weighted by atomic mass is 35.5. The largest absolute Gasteiger partial charge is 0.377 e. The number of ketones is 1. The van der Waals surface area contributed by atoms with Gasteiger partial charge in [0.1, 0.15) is 0 Å². The lowest BCUT2D eigenvalue weighted by Crippen LogP contribution is -2.32. The van der Waals surface area contributed by atoms with Crippen LogP contribution in [0.15, 0.2) is 89.8 Å². The Hall–Kier alpha value is -2.74. The molecule has 0 spiro atoms. The molecule has 208 valence electrons. The fourth-order valence-corrected chi connectivity index (χ4v) is 8.74. The molecule has 1 fully saturated rings. The number of benzene rings is 4. The van der Waals surface area contributed by atoms with Crippen LogP contribution >= 0.6 is 58.2 Å². The Morgan fingerprint density at radius 2 is 1.63 bits per heavy atom. The van der Waals surface area contributed by atoms with Crippen LogP contribution in [0.25, 0.3) is 0 Å². The van der Waals surface area contributed by atoms with Crippen LogP contribution in [-0.4, -0.2) is 21.3 Å². The number of nitro benzene ring substituents is 1. The van der Waals surface area contributed by atoms with Crippen molar-refractivity contribution < 1.29 is 9.72 Å². The van der Waals surface area contributed by atoms with Crippen molar-refractivity contribution in [3.8, 4) is 0 Å². The highest BCUT2D eigenvalue weighted by Crippen LogP contribution is 2.59. The van der Waals surface area contributed by atoms with E-state index in [4.69, 9.17) is 46.4 Å². The Morgan fingerprint density at radius 1 is 0.902 bits per heavy atom. The lowest BCUT2D eigenvalue weighted by atomic mass is 9.76. The number of nitrogens with zero attached hydrogens (tertiary/aromatic N) is 1. The summed E-state index contributed by atoms with van der Waals surface area (Å²) in [5.74, 6) is -0.403. The first kappa shape index (κ1) is 28.4. The Morgan fingerprint density at radius 3 is 2.37 bits per heavy atom. The van der Waals surface area contributed by atoms with Crippen molar-refractivity contribution in [2.75, 3.05) is 5.32 Å². The zero-order valence-electron chi connectivity index (χ0n) is 21.3. The summed E-state index contributed by atoms with van der Waals surface area (Å²) in [6.45, 7) is 0. The second kappa shape index (κ2) is 11.5. The number of anilines is 1. The monoisotopic (exact) mass is 642 g/mol. The van der Waals surface area contributed by atoms with Gasteiger partial charge in [-0.15, -0.1) is 23.4 Å². The maximum Gasteiger partial charge on any atom is 0.282 e. The first-order chi connectivity index (χ1) is 19.7. The molecule has 0 bridgehead atoms. The quantitative estimate of drug-likeness (QED) is 0.0980. The second-order valence-electron chi connectivity index (χ2n) is 10.2. The van der Waals surface area contributed by atoms with Crippen molar-refractivity contribution in [2.45, 2.75) is 33.9 Å². The van der Waals surface area contributed by atoms with E-state index < -0.39 is 5.38 Å². The number of nitro groups is 1. The van der Waals surface area contributed by atoms with Gasteiger partial charge in [-0.25, -0.2) is 0 Å². The van der Waals surface area contributed by atoms with Gasteiger partial charge in [0.15, 0.2) is 5.78 Å². The Balaban J connectivity index is 1.48. The van der Waals surface area contributed by atoms with E-state index in [1.165, 1.54) is 17.8 Å². The summed E-state index contributed by atoms with van der Waals surface area (Å²) in [4.78, 5) is 25.7. The van der Waals surface area contributed by atoms with Crippen molar-refractivity contribution in [1.82, 2.24) is 0 Å². The molecule has 41 heavy (non-hydrogen) atoms. The molecule has 5 nitrogen and oxygen atoms in total. The number of alkyl halides is 1. The van der Waals surface area contributed by atoms with E-state index in [1.54, 1.807) is 48.5 Å². The third-order valence-electron chi connectivity index (χ3n) is 7.80.